The van der Waals surface area contributed by atoms with Crippen LogP contribution < -0.4 is 0 Å². The van der Waals surface area contributed by atoms with Crippen molar-refractivity contribution in [3.8, 4) is 0 Å². The molecule has 0 bridgehead atoms. The quantitative estimate of drug-likeness (QED) is 0.788. The second-order valence-electron chi connectivity index (χ2n) is 5.19. The lowest BCUT2D eigenvalue weighted by Gasteiger charge is -2.27. The smallest absolute Gasteiger partial charge is 0.207 e. The van der Waals surface area contributed by atoms with Crippen LogP contribution >= 0.6 is 0 Å². The van der Waals surface area contributed by atoms with E-state index in [9.17, 15) is 17.2 Å². The van der Waals surface area contributed by atoms with Crippen LogP contribution in [0.25, 0.3) is 0 Å². The molecule has 1 saturated heterocycles. The van der Waals surface area contributed by atoms with Crippen LogP contribution in [0.4, 0.5) is 8.78 Å². The molecule has 0 atom stereocenters. The van der Waals surface area contributed by atoms with Crippen molar-refractivity contribution in [3.63, 3.8) is 0 Å². The average molecular weight is 299 g/mol. The number of nitrogens with zero attached hydrogens (tertiary/aromatic N) is 1. The number of halogens is 2. The van der Waals surface area contributed by atoms with Crippen molar-refractivity contribution in [2.75, 3.05) is 13.1 Å². The molecule has 0 radical (unpaired) electrons. The molecule has 3 rings (SSSR count). The minimum absolute atomic E-state index is 0.373. The Balaban J connectivity index is 1.83. The Morgan fingerprint density at radius 2 is 1.55 bits per heavy atom. The minimum atomic E-state index is -3.87. The lowest BCUT2D eigenvalue weighted by Crippen LogP contribution is -2.36. The van der Waals surface area contributed by atoms with Crippen LogP contribution in [0.1, 0.15) is 25.7 Å². The highest BCUT2D eigenvalue weighted by Crippen LogP contribution is 2.37. The third kappa shape index (κ3) is 2.50. The first-order valence-electron chi connectivity index (χ1n) is 6.63. The van der Waals surface area contributed by atoms with Crippen molar-refractivity contribution in [1.82, 2.24) is 4.31 Å². The van der Waals surface area contributed by atoms with Crippen molar-refractivity contribution in [2.45, 2.75) is 30.6 Å². The molecule has 6 heteroatoms. The third-order valence-electron chi connectivity index (χ3n) is 3.84. The van der Waals surface area contributed by atoms with Gasteiger partial charge in [-0.05, 0) is 37.8 Å². The highest BCUT2D eigenvalue weighted by atomic mass is 32.2. The van der Waals surface area contributed by atoms with E-state index in [0.717, 1.165) is 37.8 Å². The van der Waals surface area contributed by atoms with Gasteiger partial charge in [0.2, 0.25) is 10.0 Å². The van der Waals surface area contributed by atoms with Gasteiger partial charge < -0.3 is 0 Å². The Bertz CT molecular complexity index is 666. The van der Waals surface area contributed by atoms with Crippen LogP contribution in [0, 0.1) is 11.6 Å². The second-order valence-corrected chi connectivity index (χ2v) is 7.09. The molecule has 1 aliphatic carbocycles. The van der Waals surface area contributed by atoms with Crippen molar-refractivity contribution < 1.29 is 17.2 Å². The molecule has 0 spiro atoms. The van der Waals surface area contributed by atoms with Crippen LogP contribution in [0.2, 0.25) is 0 Å². The molecule has 0 amide bonds. The van der Waals surface area contributed by atoms with Gasteiger partial charge in [-0.1, -0.05) is 11.1 Å². The van der Waals surface area contributed by atoms with Gasteiger partial charge in [0.05, 0.1) is 0 Å². The van der Waals surface area contributed by atoms with Crippen molar-refractivity contribution in [3.05, 3.63) is 41.0 Å². The molecule has 0 aromatic heterocycles. The van der Waals surface area contributed by atoms with Crippen LogP contribution in [-0.4, -0.2) is 25.8 Å². The number of allylic oxidation sites excluding steroid dienone is 1. The Morgan fingerprint density at radius 3 is 2.10 bits per heavy atom. The van der Waals surface area contributed by atoms with E-state index < -0.39 is 26.6 Å². The number of hydrogen-bond acceptors (Lipinski definition) is 2. The highest BCUT2D eigenvalue weighted by molar-refractivity contribution is 7.89. The van der Waals surface area contributed by atoms with Crippen molar-refractivity contribution in [2.24, 2.45) is 0 Å². The van der Waals surface area contributed by atoms with Crippen LogP contribution in [0.5, 0.6) is 0 Å². The topological polar surface area (TPSA) is 37.4 Å². The molecular formula is C14H15F2NO2S. The summed E-state index contributed by atoms with van der Waals surface area (Å²) in [7, 11) is -3.87. The summed E-state index contributed by atoms with van der Waals surface area (Å²) in [5.41, 5.74) is 2.81. The normalized spacial score (nSPS) is 20.3. The monoisotopic (exact) mass is 299 g/mol. The molecule has 20 heavy (non-hydrogen) atoms. The molecule has 1 heterocycles. The summed E-state index contributed by atoms with van der Waals surface area (Å²) in [5, 5.41) is 0. The highest BCUT2D eigenvalue weighted by Gasteiger charge is 2.31. The van der Waals surface area contributed by atoms with E-state index in [-0.39, 0.29) is 0 Å². The minimum Gasteiger partial charge on any atom is -0.207 e. The molecule has 1 aromatic carbocycles. The average Bonchev–Trinajstić information content (AvgIpc) is 3.22. The molecule has 0 N–H and O–H groups in total. The number of piperidine rings is 1. The van der Waals surface area contributed by atoms with E-state index >= 15 is 0 Å². The Morgan fingerprint density at radius 1 is 0.950 bits per heavy atom. The van der Waals surface area contributed by atoms with Gasteiger partial charge in [0, 0.05) is 19.2 Å². The van der Waals surface area contributed by atoms with Crippen molar-refractivity contribution >= 4 is 10.0 Å². The van der Waals surface area contributed by atoms with Gasteiger partial charge in [-0.15, -0.1) is 0 Å². The number of hydrogen-bond donors (Lipinski definition) is 0. The fraction of sp³-hybridized carbons (Fsp3) is 0.429. The maximum absolute atomic E-state index is 13.7. The molecule has 3 nitrogen and oxygen atoms in total. The Kier molecular flexibility index (Phi) is 3.38. The van der Waals surface area contributed by atoms with E-state index in [1.807, 2.05) is 0 Å². The zero-order valence-corrected chi connectivity index (χ0v) is 11.7. The summed E-state index contributed by atoms with van der Waals surface area (Å²) < 4.78 is 52.5. The van der Waals surface area contributed by atoms with Gasteiger partial charge in [0.25, 0.3) is 0 Å². The van der Waals surface area contributed by atoms with Gasteiger partial charge in [-0.25, -0.2) is 17.2 Å². The zero-order chi connectivity index (χ0) is 14.3. The summed E-state index contributed by atoms with van der Waals surface area (Å²) in [6.07, 6.45) is 3.71. The van der Waals surface area contributed by atoms with Crippen LogP contribution in [0.3, 0.4) is 0 Å². The van der Waals surface area contributed by atoms with E-state index in [4.69, 9.17) is 0 Å². The molecule has 0 unspecified atom stereocenters. The van der Waals surface area contributed by atoms with E-state index in [2.05, 4.69) is 0 Å². The molecule has 2 aliphatic rings. The second kappa shape index (κ2) is 4.93. The molecule has 108 valence electrons. The SMILES string of the molecule is O=S(=O)(c1ccc(F)cc1F)N1CCC(=C2CC2)CC1. The maximum atomic E-state index is 13.7. The van der Waals surface area contributed by atoms with E-state index in [0.29, 0.717) is 19.2 Å². The van der Waals surface area contributed by atoms with Crippen LogP contribution in [0.15, 0.2) is 34.2 Å². The predicted octanol–water partition coefficient (Wildman–Crippen LogP) is 2.84. The van der Waals surface area contributed by atoms with Gasteiger partial charge >= 0.3 is 0 Å². The fourth-order valence-electron chi connectivity index (χ4n) is 2.59. The van der Waals surface area contributed by atoms with Gasteiger partial charge in [0.15, 0.2) is 0 Å². The van der Waals surface area contributed by atoms with Crippen molar-refractivity contribution in [1.29, 1.82) is 0 Å². The van der Waals surface area contributed by atoms with E-state index in [1.54, 1.807) is 0 Å². The van der Waals surface area contributed by atoms with Gasteiger partial charge in [-0.3, -0.25) is 0 Å². The zero-order valence-electron chi connectivity index (χ0n) is 10.9. The Labute approximate surface area is 117 Å². The molecule has 2 fully saturated rings. The summed E-state index contributed by atoms with van der Waals surface area (Å²) in [5.74, 6) is -1.81. The number of rotatable bonds is 2. The molecular weight excluding hydrogens is 284 g/mol. The lowest BCUT2D eigenvalue weighted by atomic mass is 10.1. The summed E-state index contributed by atoms with van der Waals surface area (Å²) in [6.45, 7) is 0.746. The Hall–Kier alpha value is -1.27. The third-order valence-corrected chi connectivity index (χ3v) is 5.77. The van der Waals surface area contributed by atoms with E-state index in [1.165, 1.54) is 15.5 Å². The standard InChI is InChI=1S/C14H15F2NO2S/c15-12-3-4-14(13(16)9-12)20(18,19)17-7-5-11(6-8-17)10-1-2-10/h3-4,9H,1-2,5-8H2. The maximum Gasteiger partial charge on any atom is 0.246 e. The summed E-state index contributed by atoms with van der Waals surface area (Å²) in [6, 6.07) is 2.57. The molecule has 1 aliphatic heterocycles. The summed E-state index contributed by atoms with van der Waals surface area (Å²) in [4.78, 5) is -0.443. The largest absolute Gasteiger partial charge is 0.246 e. The first-order valence-corrected chi connectivity index (χ1v) is 8.07. The number of benzene rings is 1. The predicted molar refractivity (Wildman–Crippen MR) is 70.6 cm³/mol. The fourth-order valence-corrected chi connectivity index (χ4v) is 4.08. The molecule has 1 saturated carbocycles. The first kappa shape index (κ1) is 13.7. The van der Waals surface area contributed by atoms with Gasteiger partial charge in [0.1, 0.15) is 16.5 Å². The van der Waals surface area contributed by atoms with Crippen LogP contribution in [-0.2, 0) is 10.0 Å². The molecule has 1 aromatic rings. The number of sulfonamides is 1. The van der Waals surface area contributed by atoms with Gasteiger partial charge in [-0.2, -0.15) is 4.31 Å². The first-order chi connectivity index (χ1) is 9.48. The summed E-state index contributed by atoms with van der Waals surface area (Å²) >= 11 is 0. The lowest BCUT2D eigenvalue weighted by molar-refractivity contribution is 0.383.